The second-order valence-corrected chi connectivity index (χ2v) is 6.49. The van der Waals surface area contributed by atoms with Crippen LogP contribution in [0.1, 0.15) is 54.6 Å². The minimum absolute atomic E-state index is 0.0320. The molecule has 0 N–H and O–H groups in total. The van der Waals surface area contributed by atoms with Gasteiger partial charge < -0.3 is 0 Å². The van der Waals surface area contributed by atoms with Crippen LogP contribution in [-0.2, 0) is 11.2 Å². The van der Waals surface area contributed by atoms with E-state index in [1.54, 1.807) is 12.1 Å². The molecule has 1 atom stereocenters. The van der Waals surface area contributed by atoms with Crippen LogP contribution in [0.5, 0.6) is 0 Å². The van der Waals surface area contributed by atoms with Gasteiger partial charge in [0.1, 0.15) is 5.78 Å². The van der Waals surface area contributed by atoms with Gasteiger partial charge in [0.25, 0.3) is 0 Å². The van der Waals surface area contributed by atoms with Gasteiger partial charge in [-0.05, 0) is 23.5 Å². The Morgan fingerprint density at radius 1 is 0.870 bits per heavy atom. The highest BCUT2D eigenvalue weighted by Gasteiger charge is 2.19. The molecule has 0 saturated heterocycles. The van der Waals surface area contributed by atoms with Crippen molar-refractivity contribution in [1.29, 1.82) is 0 Å². The van der Waals surface area contributed by atoms with Crippen molar-refractivity contribution >= 4 is 11.6 Å². The van der Waals surface area contributed by atoms with Crippen molar-refractivity contribution in [1.82, 2.24) is 0 Å². The summed E-state index contributed by atoms with van der Waals surface area (Å²) in [4.78, 5) is 24.5. The lowest BCUT2D eigenvalue weighted by atomic mass is 9.91. The first kappa shape index (κ1) is 17.1. The van der Waals surface area contributed by atoms with Crippen molar-refractivity contribution in [3.05, 3.63) is 71.3 Å². The number of hydrogen-bond acceptors (Lipinski definition) is 2. The number of rotatable bonds is 7. The normalized spacial score (nSPS) is 12.2. The predicted molar refractivity (Wildman–Crippen MR) is 93.8 cm³/mol. The Hall–Kier alpha value is -2.22. The van der Waals surface area contributed by atoms with Crippen LogP contribution < -0.4 is 0 Å². The average molecular weight is 308 g/mol. The summed E-state index contributed by atoms with van der Waals surface area (Å²) in [5.41, 5.74) is 2.85. The fraction of sp³-hybridized carbons (Fsp3) is 0.333. The summed E-state index contributed by atoms with van der Waals surface area (Å²) >= 11 is 0. The number of carbonyl (C=O) groups is 2. The summed E-state index contributed by atoms with van der Waals surface area (Å²) in [6.07, 6.45) is 0.994. The second-order valence-electron chi connectivity index (χ2n) is 6.49. The van der Waals surface area contributed by atoms with Gasteiger partial charge in [0, 0.05) is 11.5 Å². The molecule has 2 rings (SSSR count). The highest BCUT2D eigenvalue weighted by molar-refractivity contribution is 6.09. The average Bonchev–Trinajstić information content (AvgIpc) is 2.55. The Labute approximate surface area is 138 Å². The lowest BCUT2D eigenvalue weighted by molar-refractivity contribution is -0.119. The highest BCUT2D eigenvalue weighted by Crippen LogP contribution is 2.20. The van der Waals surface area contributed by atoms with Crippen LogP contribution in [0.25, 0.3) is 0 Å². The van der Waals surface area contributed by atoms with Gasteiger partial charge in [-0.1, -0.05) is 75.4 Å². The Bertz CT molecular complexity index is 654. The van der Waals surface area contributed by atoms with Gasteiger partial charge in [-0.3, -0.25) is 9.59 Å². The molecule has 0 aliphatic rings. The zero-order valence-corrected chi connectivity index (χ0v) is 14.1. The number of carbonyl (C=O) groups excluding carboxylic acids is 2. The molecule has 0 fully saturated rings. The fourth-order valence-electron chi connectivity index (χ4n) is 2.64. The van der Waals surface area contributed by atoms with E-state index in [4.69, 9.17) is 0 Å². The molecule has 23 heavy (non-hydrogen) atoms. The third-order valence-electron chi connectivity index (χ3n) is 4.04. The van der Waals surface area contributed by atoms with Gasteiger partial charge in [0.05, 0.1) is 6.42 Å². The summed E-state index contributed by atoms with van der Waals surface area (Å²) in [5, 5.41) is 0. The predicted octanol–water partition coefficient (Wildman–Crippen LogP) is 4.83. The second kappa shape index (κ2) is 7.87. The summed E-state index contributed by atoms with van der Waals surface area (Å²) in [5.74, 6) is 0.216. The fourth-order valence-corrected chi connectivity index (χ4v) is 2.64. The van der Waals surface area contributed by atoms with Crippen LogP contribution in [0.4, 0.5) is 0 Å². The first-order valence-corrected chi connectivity index (χ1v) is 8.17. The van der Waals surface area contributed by atoms with Gasteiger partial charge in [-0.2, -0.15) is 0 Å². The van der Waals surface area contributed by atoms with Crippen molar-refractivity contribution in [2.45, 2.75) is 39.5 Å². The van der Waals surface area contributed by atoms with E-state index in [1.807, 2.05) is 37.3 Å². The molecular weight excluding hydrogens is 284 g/mol. The summed E-state index contributed by atoms with van der Waals surface area (Å²) in [7, 11) is 0. The molecule has 0 heterocycles. The summed E-state index contributed by atoms with van der Waals surface area (Å²) in [6.45, 7) is 6.25. The van der Waals surface area contributed by atoms with Crippen molar-refractivity contribution in [3.63, 3.8) is 0 Å². The van der Waals surface area contributed by atoms with E-state index in [0.29, 0.717) is 11.5 Å². The maximum absolute atomic E-state index is 12.4. The molecule has 2 aromatic carbocycles. The van der Waals surface area contributed by atoms with E-state index in [0.717, 1.165) is 12.0 Å². The number of Topliss-reactive ketones (excluding diaryl/α,β-unsaturated/α-hetero) is 2. The van der Waals surface area contributed by atoms with Gasteiger partial charge >= 0.3 is 0 Å². The molecule has 0 saturated carbocycles. The smallest absolute Gasteiger partial charge is 0.170 e. The quantitative estimate of drug-likeness (QED) is 0.542. The lowest BCUT2D eigenvalue weighted by Gasteiger charge is -2.12. The molecular formula is C21H24O2. The van der Waals surface area contributed by atoms with Crippen molar-refractivity contribution < 1.29 is 9.59 Å². The van der Waals surface area contributed by atoms with E-state index in [9.17, 15) is 9.59 Å². The maximum Gasteiger partial charge on any atom is 0.170 e. The van der Waals surface area contributed by atoms with E-state index in [-0.39, 0.29) is 23.9 Å². The van der Waals surface area contributed by atoms with Crippen LogP contribution in [0.3, 0.4) is 0 Å². The van der Waals surface area contributed by atoms with Gasteiger partial charge in [0.15, 0.2) is 5.78 Å². The van der Waals surface area contributed by atoms with Crippen molar-refractivity contribution in [2.75, 3.05) is 0 Å². The first-order chi connectivity index (χ1) is 11.0. The van der Waals surface area contributed by atoms with Gasteiger partial charge in [-0.25, -0.2) is 0 Å². The van der Waals surface area contributed by atoms with Crippen LogP contribution >= 0.6 is 0 Å². The molecule has 0 spiro atoms. The topological polar surface area (TPSA) is 34.1 Å². The standard InChI is InChI=1S/C21H24O2/c1-15(2)13-17-9-11-18(12-10-17)16(3)20(22)14-21(23)19-7-5-4-6-8-19/h4-12,15-16H,13-14H2,1-3H3/t16-/m1/s1. The largest absolute Gasteiger partial charge is 0.299 e. The summed E-state index contributed by atoms with van der Waals surface area (Å²) in [6, 6.07) is 17.2. The molecule has 0 aliphatic heterocycles. The van der Waals surface area contributed by atoms with Crippen LogP contribution in [0.15, 0.2) is 54.6 Å². The van der Waals surface area contributed by atoms with Crippen LogP contribution in [0.2, 0.25) is 0 Å². The van der Waals surface area contributed by atoms with E-state index >= 15 is 0 Å². The molecule has 0 unspecified atom stereocenters. The first-order valence-electron chi connectivity index (χ1n) is 8.17. The summed E-state index contributed by atoms with van der Waals surface area (Å²) < 4.78 is 0. The Balaban J connectivity index is 2.00. The maximum atomic E-state index is 12.4. The molecule has 2 aromatic rings. The molecule has 2 heteroatoms. The SMILES string of the molecule is CC(C)Cc1ccc([C@@H](C)C(=O)CC(=O)c2ccccc2)cc1. The molecule has 0 radical (unpaired) electrons. The van der Waals surface area contributed by atoms with Gasteiger partial charge in [0.2, 0.25) is 0 Å². The third-order valence-corrected chi connectivity index (χ3v) is 4.04. The lowest BCUT2D eigenvalue weighted by Crippen LogP contribution is -2.14. The molecule has 0 aliphatic carbocycles. The van der Waals surface area contributed by atoms with E-state index in [1.165, 1.54) is 5.56 Å². The number of benzene rings is 2. The highest BCUT2D eigenvalue weighted by atomic mass is 16.1. The van der Waals surface area contributed by atoms with Crippen LogP contribution in [-0.4, -0.2) is 11.6 Å². The Morgan fingerprint density at radius 3 is 2.04 bits per heavy atom. The molecule has 0 amide bonds. The van der Waals surface area contributed by atoms with Gasteiger partial charge in [-0.15, -0.1) is 0 Å². The van der Waals surface area contributed by atoms with Crippen molar-refractivity contribution in [2.24, 2.45) is 5.92 Å². The minimum atomic E-state index is -0.254. The van der Waals surface area contributed by atoms with Crippen LogP contribution in [0, 0.1) is 5.92 Å². The minimum Gasteiger partial charge on any atom is -0.299 e. The Kier molecular flexibility index (Phi) is 5.86. The number of ketones is 2. The Morgan fingerprint density at radius 2 is 1.48 bits per heavy atom. The molecule has 2 nitrogen and oxygen atoms in total. The monoisotopic (exact) mass is 308 g/mol. The number of hydrogen-bond donors (Lipinski definition) is 0. The van der Waals surface area contributed by atoms with E-state index in [2.05, 4.69) is 26.0 Å². The van der Waals surface area contributed by atoms with E-state index < -0.39 is 0 Å². The molecule has 120 valence electrons. The molecule has 0 bridgehead atoms. The van der Waals surface area contributed by atoms with Crippen molar-refractivity contribution in [3.8, 4) is 0 Å². The zero-order valence-electron chi connectivity index (χ0n) is 14.1. The molecule has 0 aromatic heterocycles. The third kappa shape index (κ3) is 4.88. The zero-order chi connectivity index (χ0) is 16.8.